The van der Waals surface area contributed by atoms with Crippen LogP contribution in [0.2, 0.25) is 0 Å². The van der Waals surface area contributed by atoms with E-state index < -0.39 is 0 Å². The minimum Gasteiger partial charge on any atom is -0.289 e. The van der Waals surface area contributed by atoms with Crippen LogP contribution in [0.25, 0.3) is 6.08 Å². The van der Waals surface area contributed by atoms with E-state index in [1.165, 1.54) is 6.08 Å². The summed E-state index contributed by atoms with van der Waals surface area (Å²) in [5.41, 5.74) is 1.51. The summed E-state index contributed by atoms with van der Waals surface area (Å²) in [6, 6.07) is 3.49. The molecule has 0 amide bonds. The minimum absolute atomic E-state index is 0.0534. The summed E-state index contributed by atoms with van der Waals surface area (Å²) >= 11 is 0. The fraction of sp³-hybridized carbons (Fsp3) is 0.154. The van der Waals surface area contributed by atoms with E-state index in [1.54, 1.807) is 36.8 Å². The second kappa shape index (κ2) is 5.21. The van der Waals surface area contributed by atoms with Crippen LogP contribution in [0.1, 0.15) is 22.8 Å². The lowest BCUT2D eigenvalue weighted by atomic mass is 10.1. The van der Waals surface area contributed by atoms with Crippen molar-refractivity contribution in [3.8, 4) is 0 Å². The van der Waals surface area contributed by atoms with Gasteiger partial charge in [0.05, 0.1) is 6.20 Å². The van der Waals surface area contributed by atoms with Crippen LogP contribution in [0.3, 0.4) is 0 Å². The molecule has 2 rings (SSSR count). The predicted octanol–water partition coefficient (Wildman–Crippen LogP) is 2.19. The van der Waals surface area contributed by atoms with Gasteiger partial charge in [0.25, 0.3) is 0 Å². The molecule has 0 fully saturated rings. The topological polar surface area (TPSA) is 47.8 Å². The summed E-state index contributed by atoms with van der Waals surface area (Å²) in [7, 11) is 0. The average molecular weight is 227 g/mol. The van der Waals surface area contributed by atoms with Crippen molar-refractivity contribution in [3.05, 3.63) is 54.1 Å². The van der Waals surface area contributed by atoms with Crippen LogP contribution in [0.15, 0.2) is 43.0 Å². The molecule has 0 bridgehead atoms. The summed E-state index contributed by atoms with van der Waals surface area (Å²) in [6.07, 6.45) is 10.1. The Morgan fingerprint density at radius 1 is 1.47 bits per heavy atom. The molecule has 0 aromatic carbocycles. The number of hydrogen-bond donors (Lipinski definition) is 0. The molecule has 2 aromatic rings. The molecule has 17 heavy (non-hydrogen) atoms. The Hall–Kier alpha value is -2.23. The molecule has 4 nitrogen and oxygen atoms in total. The number of rotatable bonds is 4. The van der Waals surface area contributed by atoms with Crippen LogP contribution >= 0.6 is 0 Å². The molecule has 0 aliphatic heterocycles. The monoisotopic (exact) mass is 227 g/mol. The number of carbonyl (C=O) groups excluding carboxylic acids is 1. The maximum absolute atomic E-state index is 11.7. The Morgan fingerprint density at radius 2 is 2.35 bits per heavy atom. The highest BCUT2D eigenvalue weighted by Gasteiger charge is 2.00. The molecule has 86 valence electrons. The van der Waals surface area contributed by atoms with Crippen molar-refractivity contribution < 1.29 is 4.79 Å². The molecule has 0 saturated heterocycles. The maximum Gasteiger partial charge on any atom is 0.187 e. The third-order valence-corrected chi connectivity index (χ3v) is 2.35. The first-order chi connectivity index (χ1) is 8.29. The van der Waals surface area contributed by atoms with Gasteiger partial charge >= 0.3 is 0 Å². The van der Waals surface area contributed by atoms with E-state index in [9.17, 15) is 4.79 Å². The Kier molecular flexibility index (Phi) is 3.45. The van der Waals surface area contributed by atoms with Gasteiger partial charge in [-0.3, -0.25) is 14.5 Å². The number of carbonyl (C=O) groups is 1. The van der Waals surface area contributed by atoms with Gasteiger partial charge < -0.3 is 0 Å². The lowest BCUT2D eigenvalue weighted by Gasteiger charge is -1.92. The minimum atomic E-state index is -0.0534. The van der Waals surface area contributed by atoms with Crippen LogP contribution in [0.5, 0.6) is 0 Å². The third kappa shape index (κ3) is 2.87. The summed E-state index contributed by atoms with van der Waals surface area (Å²) in [4.78, 5) is 15.6. The van der Waals surface area contributed by atoms with E-state index in [0.29, 0.717) is 5.56 Å². The Labute approximate surface area is 99.6 Å². The molecule has 0 spiro atoms. The quantitative estimate of drug-likeness (QED) is 0.594. The fourth-order valence-corrected chi connectivity index (χ4v) is 1.42. The molecule has 0 saturated carbocycles. The van der Waals surface area contributed by atoms with Crippen molar-refractivity contribution in [1.82, 2.24) is 14.8 Å². The van der Waals surface area contributed by atoms with Gasteiger partial charge in [-0.25, -0.2) is 0 Å². The molecule has 2 heterocycles. The maximum atomic E-state index is 11.7. The zero-order chi connectivity index (χ0) is 12.1. The molecule has 0 aliphatic carbocycles. The van der Waals surface area contributed by atoms with Crippen LogP contribution in [-0.4, -0.2) is 20.5 Å². The number of pyridine rings is 1. The smallest absolute Gasteiger partial charge is 0.187 e. The lowest BCUT2D eigenvalue weighted by Crippen LogP contribution is -1.94. The fourth-order valence-electron chi connectivity index (χ4n) is 1.42. The average Bonchev–Trinajstić information content (AvgIpc) is 2.85. The Balaban J connectivity index is 2.08. The molecule has 0 radical (unpaired) electrons. The standard InChI is InChI=1S/C13H13N3O/c1-2-16-10-11(8-15-16)5-6-13(17)12-4-3-7-14-9-12/h3-10H,2H2,1H3/b6-5+. The highest BCUT2D eigenvalue weighted by atomic mass is 16.1. The normalized spacial score (nSPS) is 10.9. The van der Waals surface area contributed by atoms with E-state index in [2.05, 4.69) is 10.1 Å². The van der Waals surface area contributed by atoms with E-state index in [-0.39, 0.29) is 5.78 Å². The van der Waals surface area contributed by atoms with Gasteiger partial charge in [0.2, 0.25) is 0 Å². The third-order valence-electron chi connectivity index (χ3n) is 2.35. The number of allylic oxidation sites excluding steroid dienone is 1. The van der Waals surface area contributed by atoms with Gasteiger partial charge in [-0.15, -0.1) is 0 Å². The Bertz CT molecular complexity index is 529. The molecule has 0 N–H and O–H groups in total. The molecule has 2 aromatic heterocycles. The molecule has 0 unspecified atom stereocenters. The lowest BCUT2D eigenvalue weighted by molar-refractivity contribution is 0.104. The highest BCUT2D eigenvalue weighted by Crippen LogP contribution is 2.04. The van der Waals surface area contributed by atoms with Gasteiger partial charge in [0, 0.05) is 36.3 Å². The molecular formula is C13H13N3O. The number of aromatic nitrogens is 3. The highest BCUT2D eigenvalue weighted by molar-refractivity contribution is 6.06. The van der Waals surface area contributed by atoms with E-state index >= 15 is 0 Å². The number of ketones is 1. The van der Waals surface area contributed by atoms with Gasteiger partial charge in [0.15, 0.2) is 5.78 Å². The summed E-state index contributed by atoms with van der Waals surface area (Å²) < 4.78 is 1.81. The summed E-state index contributed by atoms with van der Waals surface area (Å²) in [5, 5.41) is 4.13. The van der Waals surface area contributed by atoms with Crippen molar-refractivity contribution in [3.63, 3.8) is 0 Å². The number of hydrogen-bond acceptors (Lipinski definition) is 3. The molecular weight excluding hydrogens is 214 g/mol. The van der Waals surface area contributed by atoms with Crippen LogP contribution in [0.4, 0.5) is 0 Å². The van der Waals surface area contributed by atoms with Crippen LogP contribution in [-0.2, 0) is 6.54 Å². The number of nitrogens with zero attached hydrogens (tertiary/aromatic N) is 3. The van der Waals surface area contributed by atoms with E-state index in [0.717, 1.165) is 12.1 Å². The van der Waals surface area contributed by atoms with Crippen molar-refractivity contribution in [2.45, 2.75) is 13.5 Å². The SMILES string of the molecule is CCn1cc(/C=C/C(=O)c2cccnc2)cn1. The van der Waals surface area contributed by atoms with Crippen molar-refractivity contribution in [2.24, 2.45) is 0 Å². The molecule has 0 aliphatic rings. The first-order valence-electron chi connectivity index (χ1n) is 5.44. The molecule has 4 heteroatoms. The van der Waals surface area contributed by atoms with Gasteiger partial charge in [0.1, 0.15) is 0 Å². The van der Waals surface area contributed by atoms with Crippen molar-refractivity contribution >= 4 is 11.9 Å². The van der Waals surface area contributed by atoms with Crippen molar-refractivity contribution in [1.29, 1.82) is 0 Å². The van der Waals surface area contributed by atoms with Gasteiger partial charge in [-0.2, -0.15) is 5.10 Å². The van der Waals surface area contributed by atoms with Gasteiger partial charge in [-0.05, 0) is 31.2 Å². The Morgan fingerprint density at radius 3 is 3.00 bits per heavy atom. The van der Waals surface area contributed by atoms with Crippen molar-refractivity contribution in [2.75, 3.05) is 0 Å². The first-order valence-corrected chi connectivity index (χ1v) is 5.44. The largest absolute Gasteiger partial charge is 0.289 e. The first kappa shape index (κ1) is 11.3. The van der Waals surface area contributed by atoms with Crippen LogP contribution in [0, 0.1) is 0 Å². The van der Waals surface area contributed by atoms with Gasteiger partial charge in [-0.1, -0.05) is 0 Å². The molecule has 0 atom stereocenters. The second-order valence-electron chi connectivity index (χ2n) is 3.57. The predicted molar refractivity (Wildman–Crippen MR) is 65.5 cm³/mol. The second-order valence-corrected chi connectivity index (χ2v) is 3.57. The van der Waals surface area contributed by atoms with E-state index in [4.69, 9.17) is 0 Å². The van der Waals surface area contributed by atoms with E-state index in [1.807, 2.05) is 17.8 Å². The summed E-state index contributed by atoms with van der Waals surface area (Å²) in [6.45, 7) is 2.84. The number of aryl methyl sites for hydroxylation is 1. The zero-order valence-corrected chi connectivity index (χ0v) is 9.58. The summed E-state index contributed by atoms with van der Waals surface area (Å²) in [5.74, 6) is -0.0534. The zero-order valence-electron chi connectivity index (χ0n) is 9.58. The van der Waals surface area contributed by atoms with Crippen LogP contribution < -0.4 is 0 Å².